The molecule has 6 heteroatoms. The van der Waals surface area contributed by atoms with E-state index in [0.717, 1.165) is 35.9 Å². The minimum atomic E-state index is 0.241. The molecule has 1 fully saturated rings. The lowest BCUT2D eigenvalue weighted by atomic mass is 10.1. The molecule has 0 bridgehead atoms. The maximum absolute atomic E-state index is 5.76. The van der Waals surface area contributed by atoms with Crippen LogP contribution in [0.3, 0.4) is 0 Å². The monoisotopic (exact) mass is 311 g/mol. The molecule has 3 heterocycles. The number of oxazole rings is 1. The molecule has 0 radical (unpaired) electrons. The van der Waals surface area contributed by atoms with Crippen molar-refractivity contribution >= 4 is 0 Å². The van der Waals surface area contributed by atoms with Crippen molar-refractivity contribution in [3.05, 3.63) is 53.5 Å². The second kappa shape index (κ2) is 5.96. The van der Waals surface area contributed by atoms with Crippen LogP contribution in [-0.4, -0.2) is 28.3 Å². The number of hydrogen-bond donors (Lipinski definition) is 0. The summed E-state index contributed by atoms with van der Waals surface area (Å²) < 4.78 is 16.5. The predicted octanol–water partition coefficient (Wildman–Crippen LogP) is 3.13. The Balaban J connectivity index is 1.54. The van der Waals surface area contributed by atoms with Crippen molar-refractivity contribution in [1.29, 1.82) is 0 Å². The fraction of sp³-hybridized carbons (Fsp3) is 0.353. The molecule has 118 valence electrons. The van der Waals surface area contributed by atoms with Crippen molar-refractivity contribution in [3.8, 4) is 11.5 Å². The molecule has 1 aromatic carbocycles. The highest BCUT2D eigenvalue weighted by Crippen LogP contribution is 2.25. The van der Waals surface area contributed by atoms with Crippen LogP contribution in [0.1, 0.15) is 35.5 Å². The average Bonchev–Trinajstić information content (AvgIpc) is 3.30. The molecule has 0 spiro atoms. The van der Waals surface area contributed by atoms with Crippen molar-refractivity contribution in [3.63, 3.8) is 0 Å². The Morgan fingerprint density at radius 3 is 2.83 bits per heavy atom. The van der Waals surface area contributed by atoms with E-state index >= 15 is 0 Å². The van der Waals surface area contributed by atoms with E-state index in [1.807, 2.05) is 37.3 Å². The van der Waals surface area contributed by atoms with Crippen LogP contribution in [0, 0.1) is 6.92 Å². The molecule has 0 amide bonds. The third-order valence-corrected chi connectivity index (χ3v) is 4.01. The predicted molar refractivity (Wildman–Crippen MR) is 82.0 cm³/mol. The largest absolute Gasteiger partial charge is 0.441 e. The Morgan fingerprint density at radius 2 is 2.04 bits per heavy atom. The minimum absolute atomic E-state index is 0.241. The zero-order chi connectivity index (χ0) is 15.6. The molecule has 0 N–H and O–H groups in total. The van der Waals surface area contributed by atoms with E-state index in [2.05, 4.69) is 15.1 Å². The van der Waals surface area contributed by atoms with Gasteiger partial charge in [-0.3, -0.25) is 0 Å². The normalized spacial score (nSPS) is 17.7. The summed E-state index contributed by atoms with van der Waals surface area (Å²) in [6, 6.07) is 9.83. The highest BCUT2D eigenvalue weighted by Gasteiger charge is 2.23. The zero-order valence-corrected chi connectivity index (χ0v) is 12.9. The lowest BCUT2D eigenvalue weighted by molar-refractivity contribution is 0.192. The Kier molecular flexibility index (Phi) is 3.67. The Labute approximate surface area is 133 Å². The van der Waals surface area contributed by atoms with Gasteiger partial charge in [-0.1, -0.05) is 23.4 Å². The summed E-state index contributed by atoms with van der Waals surface area (Å²) in [7, 11) is 0. The number of ether oxygens (including phenoxy) is 1. The van der Waals surface area contributed by atoms with Crippen LogP contribution in [0.15, 0.2) is 39.3 Å². The summed E-state index contributed by atoms with van der Waals surface area (Å²) in [5.74, 6) is 2.91. The molecule has 0 saturated carbocycles. The van der Waals surface area contributed by atoms with Gasteiger partial charge in [0.05, 0.1) is 18.7 Å². The lowest BCUT2D eigenvalue weighted by Crippen LogP contribution is -2.00. The first-order chi connectivity index (χ1) is 11.3. The van der Waals surface area contributed by atoms with E-state index in [1.54, 1.807) is 0 Å². The van der Waals surface area contributed by atoms with Crippen molar-refractivity contribution in [2.24, 2.45) is 0 Å². The first-order valence-corrected chi connectivity index (χ1v) is 7.71. The molecular weight excluding hydrogens is 294 g/mol. The summed E-state index contributed by atoms with van der Waals surface area (Å²) in [5.41, 5.74) is 1.78. The van der Waals surface area contributed by atoms with Gasteiger partial charge in [-0.15, -0.1) is 0 Å². The van der Waals surface area contributed by atoms with Crippen LogP contribution in [0.25, 0.3) is 11.5 Å². The molecule has 4 rings (SSSR count). The van der Waals surface area contributed by atoms with Crippen molar-refractivity contribution in [1.82, 2.24) is 15.1 Å². The van der Waals surface area contributed by atoms with Gasteiger partial charge in [0.2, 0.25) is 11.8 Å². The molecule has 23 heavy (non-hydrogen) atoms. The van der Waals surface area contributed by atoms with Gasteiger partial charge >= 0.3 is 0 Å². The standard InChI is InChI=1S/C17H17N3O3/c1-11-14(18-17(22-11)12-5-3-2-4-6-12)9-15-19-16(20-23-15)13-7-8-21-10-13/h2-6,13H,7-10H2,1H3/t13-/m0/s1. The first kappa shape index (κ1) is 14.1. The Morgan fingerprint density at radius 1 is 1.17 bits per heavy atom. The number of rotatable bonds is 4. The van der Waals surface area contributed by atoms with Gasteiger partial charge in [0.25, 0.3) is 0 Å². The fourth-order valence-electron chi connectivity index (χ4n) is 2.68. The maximum atomic E-state index is 5.76. The highest BCUT2D eigenvalue weighted by molar-refractivity contribution is 5.53. The van der Waals surface area contributed by atoms with Gasteiger partial charge in [-0.25, -0.2) is 4.98 Å². The molecule has 1 atom stereocenters. The lowest BCUT2D eigenvalue weighted by Gasteiger charge is -1.97. The molecule has 6 nitrogen and oxygen atoms in total. The van der Waals surface area contributed by atoms with Gasteiger partial charge in [-0.05, 0) is 25.5 Å². The van der Waals surface area contributed by atoms with Gasteiger partial charge in [0.1, 0.15) is 5.76 Å². The number of aromatic nitrogens is 3. The SMILES string of the molecule is Cc1oc(-c2ccccc2)nc1Cc1nc([C@H]2CCOC2)no1. The maximum Gasteiger partial charge on any atom is 0.232 e. The summed E-state index contributed by atoms with van der Waals surface area (Å²) >= 11 is 0. The highest BCUT2D eigenvalue weighted by atomic mass is 16.5. The second-order valence-corrected chi connectivity index (χ2v) is 5.67. The summed E-state index contributed by atoms with van der Waals surface area (Å²) in [4.78, 5) is 9.03. The quantitative estimate of drug-likeness (QED) is 0.737. The van der Waals surface area contributed by atoms with Gasteiger partial charge in [0.15, 0.2) is 5.82 Å². The van der Waals surface area contributed by atoms with Crippen molar-refractivity contribution < 1.29 is 13.7 Å². The third-order valence-electron chi connectivity index (χ3n) is 4.01. The van der Waals surface area contributed by atoms with Crippen LogP contribution in [0.2, 0.25) is 0 Å². The second-order valence-electron chi connectivity index (χ2n) is 5.67. The molecular formula is C17H17N3O3. The van der Waals surface area contributed by atoms with E-state index in [4.69, 9.17) is 13.7 Å². The molecule has 1 aliphatic rings. The van der Waals surface area contributed by atoms with Crippen molar-refractivity contribution in [2.45, 2.75) is 25.7 Å². The van der Waals surface area contributed by atoms with E-state index in [9.17, 15) is 0 Å². The Hall–Kier alpha value is -2.47. The summed E-state index contributed by atoms with van der Waals surface area (Å²) in [5, 5.41) is 4.06. The molecule has 2 aromatic heterocycles. The minimum Gasteiger partial charge on any atom is -0.441 e. The number of nitrogens with zero attached hydrogens (tertiary/aromatic N) is 3. The molecule has 3 aromatic rings. The average molecular weight is 311 g/mol. The summed E-state index contributed by atoms with van der Waals surface area (Å²) in [6.07, 6.45) is 1.42. The van der Waals surface area contributed by atoms with Crippen molar-refractivity contribution in [2.75, 3.05) is 13.2 Å². The van der Waals surface area contributed by atoms with E-state index in [-0.39, 0.29) is 5.92 Å². The van der Waals surface area contributed by atoms with Crippen LogP contribution < -0.4 is 0 Å². The molecule has 0 aliphatic carbocycles. The Bertz CT molecular complexity index is 789. The smallest absolute Gasteiger partial charge is 0.232 e. The first-order valence-electron chi connectivity index (χ1n) is 7.71. The number of benzene rings is 1. The molecule has 1 aliphatic heterocycles. The van der Waals surface area contributed by atoms with Crippen LogP contribution in [0.4, 0.5) is 0 Å². The van der Waals surface area contributed by atoms with E-state index in [1.165, 1.54) is 0 Å². The topological polar surface area (TPSA) is 74.2 Å². The van der Waals surface area contributed by atoms with Gasteiger partial charge < -0.3 is 13.7 Å². The third kappa shape index (κ3) is 2.90. The number of aryl methyl sites for hydroxylation is 1. The summed E-state index contributed by atoms with van der Waals surface area (Å²) in [6.45, 7) is 3.33. The zero-order valence-electron chi connectivity index (χ0n) is 12.9. The van der Waals surface area contributed by atoms with Crippen LogP contribution >= 0.6 is 0 Å². The van der Waals surface area contributed by atoms with E-state index in [0.29, 0.717) is 24.8 Å². The molecule has 0 unspecified atom stereocenters. The fourth-order valence-corrected chi connectivity index (χ4v) is 2.68. The van der Waals surface area contributed by atoms with E-state index < -0.39 is 0 Å². The van der Waals surface area contributed by atoms with Gasteiger partial charge in [-0.2, -0.15) is 4.98 Å². The van der Waals surface area contributed by atoms with Crippen LogP contribution in [-0.2, 0) is 11.2 Å². The molecule has 1 saturated heterocycles. The van der Waals surface area contributed by atoms with Crippen LogP contribution in [0.5, 0.6) is 0 Å². The number of hydrogen-bond acceptors (Lipinski definition) is 6. The van der Waals surface area contributed by atoms with Gasteiger partial charge in [0, 0.05) is 18.1 Å².